The molecule has 2 rings (SSSR count). The monoisotopic (exact) mass is 311 g/mol. The van der Waals surface area contributed by atoms with E-state index in [4.69, 9.17) is 0 Å². The van der Waals surface area contributed by atoms with Crippen molar-refractivity contribution in [3.8, 4) is 0 Å². The van der Waals surface area contributed by atoms with Gasteiger partial charge in [0.05, 0.1) is 5.92 Å². The quantitative estimate of drug-likeness (QED) is 0.852. The summed E-state index contributed by atoms with van der Waals surface area (Å²) in [5, 5.41) is 3.26. The van der Waals surface area contributed by atoms with Gasteiger partial charge in [0.25, 0.3) is 0 Å². The van der Waals surface area contributed by atoms with Crippen LogP contribution in [0.5, 0.6) is 0 Å². The SMILES string of the molecule is CCN1CCCC1CN(C)C(=O)C1CCNC1.Cl.Cl. The number of nitrogens with one attached hydrogen (secondary N) is 1. The lowest BCUT2D eigenvalue weighted by Gasteiger charge is -2.29. The van der Waals surface area contributed by atoms with Crippen LogP contribution >= 0.6 is 24.8 Å². The van der Waals surface area contributed by atoms with Crippen molar-refractivity contribution in [1.82, 2.24) is 15.1 Å². The largest absolute Gasteiger partial charge is 0.344 e. The number of halogens is 2. The smallest absolute Gasteiger partial charge is 0.226 e. The maximum absolute atomic E-state index is 12.2. The molecule has 4 nitrogen and oxygen atoms in total. The van der Waals surface area contributed by atoms with Gasteiger partial charge in [-0.25, -0.2) is 0 Å². The molecule has 0 saturated carbocycles. The second kappa shape index (κ2) is 9.01. The summed E-state index contributed by atoms with van der Waals surface area (Å²) in [6.07, 6.45) is 3.53. The van der Waals surface area contributed by atoms with Crippen LogP contribution < -0.4 is 5.32 Å². The Bertz CT molecular complexity index is 273. The van der Waals surface area contributed by atoms with Crippen molar-refractivity contribution < 1.29 is 4.79 Å². The summed E-state index contributed by atoms with van der Waals surface area (Å²) < 4.78 is 0. The topological polar surface area (TPSA) is 35.6 Å². The van der Waals surface area contributed by atoms with Crippen molar-refractivity contribution in [1.29, 1.82) is 0 Å². The number of carbonyl (C=O) groups is 1. The van der Waals surface area contributed by atoms with Crippen molar-refractivity contribution >= 4 is 30.7 Å². The van der Waals surface area contributed by atoms with Gasteiger partial charge in [0.2, 0.25) is 5.91 Å². The van der Waals surface area contributed by atoms with E-state index in [2.05, 4.69) is 17.1 Å². The number of likely N-dealkylation sites (N-methyl/N-ethyl adjacent to an activating group) is 2. The van der Waals surface area contributed by atoms with E-state index >= 15 is 0 Å². The van der Waals surface area contributed by atoms with Gasteiger partial charge in [-0.15, -0.1) is 24.8 Å². The highest BCUT2D eigenvalue weighted by atomic mass is 35.5. The number of hydrogen-bond donors (Lipinski definition) is 1. The number of likely N-dealkylation sites (tertiary alicyclic amines) is 1. The van der Waals surface area contributed by atoms with Crippen LogP contribution in [0.3, 0.4) is 0 Å². The Hall–Kier alpha value is -0.0300. The molecule has 2 aliphatic rings. The molecular weight excluding hydrogens is 285 g/mol. The predicted molar refractivity (Wildman–Crippen MR) is 83.4 cm³/mol. The molecule has 1 N–H and O–H groups in total. The van der Waals surface area contributed by atoms with Crippen LogP contribution in [0.15, 0.2) is 0 Å². The maximum atomic E-state index is 12.2. The second-order valence-corrected chi connectivity index (χ2v) is 5.33. The van der Waals surface area contributed by atoms with Crippen molar-refractivity contribution in [3.05, 3.63) is 0 Å². The molecule has 19 heavy (non-hydrogen) atoms. The highest BCUT2D eigenvalue weighted by Crippen LogP contribution is 2.18. The molecule has 2 saturated heterocycles. The molecule has 114 valence electrons. The summed E-state index contributed by atoms with van der Waals surface area (Å²) in [5.74, 6) is 0.550. The Morgan fingerprint density at radius 1 is 1.37 bits per heavy atom. The van der Waals surface area contributed by atoms with E-state index in [-0.39, 0.29) is 30.7 Å². The number of carbonyl (C=O) groups excluding carboxylic acids is 1. The van der Waals surface area contributed by atoms with Crippen molar-refractivity contribution in [2.45, 2.75) is 32.2 Å². The molecule has 0 aromatic carbocycles. The summed E-state index contributed by atoms with van der Waals surface area (Å²) >= 11 is 0. The fraction of sp³-hybridized carbons (Fsp3) is 0.923. The van der Waals surface area contributed by atoms with Gasteiger partial charge in [0.15, 0.2) is 0 Å². The molecule has 2 aliphatic heterocycles. The van der Waals surface area contributed by atoms with Crippen LogP contribution in [0.4, 0.5) is 0 Å². The molecule has 0 aromatic rings. The van der Waals surface area contributed by atoms with Crippen molar-refractivity contribution in [2.24, 2.45) is 5.92 Å². The third-order valence-corrected chi connectivity index (χ3v) is 4.18. The standard InChI is InChI=1S/C13H25N3O.2ClH/c1-3-16-8-4-5-12(16)10-15(2)13(17)11-6-7-14-9-11;;/h11-12,14H,3-10H2,1-2H3;2*1H. The van der Waals surface area contributed by atoms with Gasteiger partial charge in [0.1, 0.15) is 0 Å². The molecule has 0 spiro atoms. The van der Waals surface area contributed by atoms with Gasteiger partial charge in [0, 0.05) is 26.2 Å². The Balaban J connectivity index is 0.00000162. The first kappa shape index (κ1) is 19.0. The first-order chi connectivity index (χ1) is 8.22. The highest BCUT2D eigenvalue weighted by Gasteiger charge is 2.29. The Morgan fingerprint density at radius 3 is 2.68 bits per heavy atom. The fourth-order valence-corrected chi connectivity index (χ4v) is 3.10. The van der Waals surface area contributed by atoms with Crippen LogP contribution in [0.1, 0.15) is 26.2 Å². The van der Waals surface area contributed by atoms with Crippen LogP contribution in [0, 0.1) is 5.92 Å². The Morgan fingerprint density at radius 2 is 2.11 bits per heavy atom. The number of nitrogens with zero attached hydrogens (tertiary/aromatic N) is 2. The van der Waals surface area contributed by atoms with Crippen LogP contribution in [0.2, 0.25) is 0 Å². The van der Waals surface area contributed by atoms with Crippen molar-refractivity contribution in [3.63, 3.8) is 0 Å². The molecule has 0 bridgehead atoms. The zero-order valence-electron chi connectivity index (χ0n) is 11.9. The van der Waals surface area contributed by atoms with E-state index in [1.54, 1.807) is 0 Å². The second-order valence-electron chi connectivity index (χ2n) is 5.33. The van der Waals surface area contributed by atoms with Crippen molar-refractivity contribution in [2.75, 3.05) is 39.8 Å². The number of rotatable bonds is 4. The molecule has 0 radical (unpaired) electrons. The third kappa shape index (κ3) is 4.78. The minimum Gasteiger partial charge on any atom is -0.344 e. The number of hydrogen-bond acceptors (Lipinski definition) is 3. The number of amides is 1. The third-order valence-electron chi connectivity index (χ3n) is 4.18. The molecule has 2 fully saturated rings. The first-order valence-corrected chi connectivity index (χ1v) is 6.92. The molecular formula is C13H27Cl2N3O. The fourth-order valence-electron chi connectivity index (χ4n) is 3.10. The molecule has 0 aromatic heterocycles. The zero-order chi connectivity index (χ0) is 12.3. The van der Waals surface area contributed by atoms with E-state index in [0.29, 0.717) is 11.9 Å². The lowest BCUT2D eigenvalue weighted by atomic mass is 10.1. The minimum absolute atomic E-state index is 0. The average molecular weight is 312 g/mol. The molecule has 0 aliphatic carbocycles. The van der Waals surface area contributed by atoms with Gasteiger partial charge in [-0.3, -0.25) is 9.69 Å². The zero-order valence-corrected chi connectivity index (χ0v) is 13.6. The maximum Gasteiger partial charge on any atom is 0.226 e. The summed E-state index contributed by atoms with van der Waals surface area (Å²) in [6, 6.07) is 0.586. The Kier molecular flexibility index (Phi) is 8.99. The predicted octanol–water partition coefficient (Wildman–Crippen LogP) is 1.38. The van der Waals surface area contributed by atoms with Crippen LogP contribution in [0.25, 0.3) is 0 Å². The van der Waals surface area contributed by atoms with Gasteiger partial charge in [-0.2, -0.15) is 0 Å². The van der Waals surface area contributed by atoms with E-state index in [1.807, 2.05) is 11.9 Å². The van der Waals surface area contributed by atoms with Crippen LogP contribution in [-0.4, -0.2) is 61.5 Å². The summed E-state index contributed by atoms with van der Waals surface area (Å²) in [5.41, 5.74) is 0. The van der Waals surface area contributed by atoms with E-state index in [9.17, 15) is 4.79 Å². The van der Waals surface area contributed by atoms with E-state index < -0.39 is 0 Å². The molecule has 6 heteroatoms. The normalized spacial score (nSPS) is 26.6. The van der Waals surface area contributed by atoms with Gasteiger partial charge < -0.3 is 10.2 Å². The Labute approximate surface area is 129 Å². The molecule has 2 heterocycles. The van der Waals surface area contributed by atoms with Crippen LogP contribution in [-0.2, 0) is 4.79 Å². The summed E-state index contributed by atoms with van der Waals surface area (Å²) in [4.78, 5) is 16.6. The molecule has 2 atom stereocenters. The van der Waals surface area contributed by atoms with Gasteiger partial charge in [-0.05, 0) is 38.9 Å². The average Bonchev–Trinajstić information content (AvgIpc) is 2.98. The highest BCUT2D eigenvalue weighted by molar-refractivity contribution is 5.85. The van der Waals surface area contributed by atoms with E-state index in [1.165, 1.54) is 19.4 Å². The molecule has 2 unspecified atom stereocenters. The van der Waals surface area contributed by atoms with E-state index in [0.717, 1.165) is 32.6 Å². The summed E-state index contributed by atoms with van der Waals surface area (Å²) in [6.45, 7) is 7.29. The van der Waals surface area contributed by atoms with Gasteiger partial charge in [-0.1, -0.05) is 6.92 Å². The minimum atomic E-state index is 0. The molecule has 1 amide bonds. The lowest BCUT2D eigenvalue weighted by molar-refractivity contribution is -0.134. The lowest BCUT2D eigenvalue weighted by Crippen LogP contribution is -2.43. The first-order valence-electron chi connectivity index (χ1n) is 6.92. The van der Waals surface area contributed by atoms with Gasteiger partial charge >= 0.3 is 0 Å². The summed E-state index contributed by atoms with van der Waals surface area (Å²) in [7, 11) is 1.97.